The zero-order valence-electron chi connectivity index (χ0n) is 19.0. The van der Waals surface area contributed by atoms with Crippen LogP contribution in [0.15, 0.2) is 76.6 Å². The number of rotatable bonds is 8. The number of nitrogens with zero attached hydrogens (tertiary/aromatic N) is 1. The third-order valence-corrected chi connectivity index (χ3v) is 6.26. The van der Waals surface area contributed by atoms with Crippen molar-refractivity contribution >= 4 is 46.2 Å². The molecule has 5 nitrogen and oxygen atoms in total. The predicted octanol–water partition coefficient (Wildman–Crippen LogP) is 6.77. The van der Waals surface area contributed by atoms with Crippen LogP contribution < -0.4 is 14.8 Å². The molecule has 0 saturated carbocycles. The molecule has 3 aromatic carbocycles. The van der Waals surface area contributed by atoms with Crippen LogP contribution in [0.1, 0.15) is 30.5 Å². The maximum absolute atomic E-state index is 12.5. The molecule has 1 amide bonds. The second kappa shape index (κ2) is 11.3. The summed E-state index contributed by atoms with van der Waals surface area (Å²) < 4.78 is 11.8. The number of aryl methyl sites for hydroxylation is 1. The molecule has 1 saturated heterocycles. The van der Waals surface area contributed by atoms with Crippen LogP contribution in [0.2, 0.25) is 5.02 Å². The molecule has 34 heavy (non-hydrogen) atoms. The number of aliphatic imine (C=N–C) groups is 1. The van der Waals surface area contributed by atoms with Gasteiger partial charge in [0, 0.05) is 5.02 Å². The van der Waals surface area contributed by atoms with Crippen molar-refractivity contribution in [2.24, 2.45) is 4.99 Å². The van der Waals surface area contributed by atoms with E-state index in [1.54, 1.807) is 0 Å². The molecule has 0 unspecified atom stereocenters. The first-order chi connectivity index (χ1) is 16.5. The Morgan fingerprint density at radius 1 is 0.941 bits per heavy atom. The average Bonchev–Trinajstić information content (AvgIpc) is 3.18. The van der Waals surface area contributed by atoms with Crippen LogP contribution in [0.5, 0.6) is 11.5 Å². The Hall–Kier alpha value is -3.22. The summed E-state index contributed by atoms with van der Waals surface area (Å²) in [6, 6.07) is 21.2. The fraction of sp³-hybridized carbons (Fsp3) is 0.185. The average molecular weight is 493 g/mol. The van der Waals surface area contributed by atoms with Gasteiger partial charge in [-0.15, -0.1) is 0 Å². The number of carbonyl (C=O) groups excluding carboxylic acids is 1. The molecule has 3 aromatic rings. The van der Waals surface area contributed by atoms with Crippen molar-refractivity contribution in [3.63, 3.8) is 0 Å². The highest BCUT2D eigenvalue weighted by atomic mass is 35.5. The summed E-state index contributed by atoms with van der Waals surface area (Å²) in [5, 5.41) is 4.09. The highest BCUT2D eigenvalue weighted by Gasteiger charge is 2.24. The molecule has 174 valence electrons. The Balaban J connectivity index is 1.48. The number of nitrogens with one attached hydrogen (secondary N) is 1. The van der Waals surface area contributed by atoms with E-state index >= 15 is 0 Å². The minimum absolute atomic E-state index is 0.171. The largest absolute Gasteiger partial charge is 0.490 e. The molecule has 4 rings (SSSR count). The van der Waals surface area contributed by atoms with E-state index in [-0.39, 0.29) is 5.91 Å². The van der Waals surface area contributed by atoms with Gasteiger partial charge in [-0.3, -0.25) is 4.79 Å². The molecular formula is C27H25ClN2O3S. The number of carbonyl (C=O) groups is 1. The van der Waals surface area contributed by atoms with Gasteiger partial charge in [0.25, 0.3) is 5.91 Å². The van der Waals surface area contributed by atoms with Gasteiger partial charge in [-0.25, -0.2) is 4.99 Å². The Morgan fingerprint density at radius 3 is 2.38 bits per heavy atom. The molecule has 1 aliphatic heterocycles. The predicted molar refractivity (Wildman–Crippen MR) is 140 cm³/mol. The number of halogens is 1. The van der Waals surface area contributed by atoms with Crippen LogP contribution in [0.4, 0.5) is 5.69 Å². The van der Waals surface area contributed by atoms with Gasteiger partial charge in [0.15, 0.2) is 16.7 Å². The lowest BCUT2D eigenvalue weighted by Gasteiger charge is -2.13. The van der Waals surface area contributed by atoms with Crippen LogP contribution in [-0.2, 0) is 17.8 Å². The van der Waals surface area contributed by atoms with Crippen molar-refractivity contribution in [3.05, 3.63) is 93.3 Å². The molecule has 0 aliphatic carbocycles. The minimum atomic E-state index is -0.171. The standard InChI is InChI=1S/C27H25ClN2O3S/c1-3-18-7-12-22(13-8-18)29-27-30-26(31)25(34-27)16-20-9-14-23(24(15-20)32-4-2)33-17-19-5-10-21(28)11-6-19/h5-16H,3-4,17H2,1-2H3,(H,29,30,31). The minimum Gasteiger partial charge on any atom is -0.490 e. The van der Waals surface area contributed by atoms with E-state index in [4.69, 9.17) is 21.1 Å². The summed E-state index contributed by atoms with van der Waals surface area (Å²) in [6.45, 7) is 4.93. The Morgan fingerprint density at radius 2 is 1.68 bits per heavy atom. The molecule has 1 N–H and O–H groups in total. The van der Waals surface area contributed by atoms with E-state index in [0.717, 1.165) is 23.2 Å². The molecule has 1 heterocycles. The second-order valence-electron chi connectivity index (χ2n) is 7.56. The van der Waals surface area contributed by atoms with E-state index in [0.29, 0.717) is 39.8 Å². The summed E-state index contributed by atoms with van der Waals surface area (Å²) in [4.78, 5) is 17.6. The zero-order chi connectivity index (χ0) is 23.9. The van der Waals surface area contributed by atoms with Crippen molar-refractivity contribution in [3.8, 4) is 11.5 Å². The van der Waals surface area contributed by atoms with Gasteiger partial charge in [-0.2, -0.15) is 0 Å². The Labute approximate surface area is 208 Å². The number of thioether (sulfide) groups is 1. The second-order valence-corrected chi connectivity index (χ2v) is 9.02. The third kappa shape index (κ3) is 6.22. The Bertz CT molecular complexity index is 1220. The topological polar surface area (TPSA) is 59.9 Å². The fourth-order valence-corrected chi connectivity index (χ4v) is 4.27. The van der Waals surface area contributed by atoms with Crippen LogP contribution in [0.25, 0.3) is 6.08 Å². The van der Waals surface area contributed by atoms with Crippen molar-refractivity contribution in [2.45, 2.75) is 26.9 Å². The monoisotopic (exact) mass is 492 g/mol. The van der Waals surface area contributed by atoms with Gasteiger partial charge in [0.1, 0.15) is 6.61 Å². The number of amidine groups is 1. The van der Waals surface area contributed by atoms with Gasteiger partial charge < -0.3 is 14.8 Å². The summed E-state index contributed by atoms with van der Waals surface area (Å²) in [6.07, 6.45) is 2.80. The smallest absolute Gasteiger partial charge is 0.264 e. The molecule has 0 radical (unpaired) electrons. The number of hydrogen-bond acceptors (Lipinski definition) is 5. The van der Waals surface area contributed by atoms with Gasteiger partial charge in [-0.1, -0.05) is 48.9 Å². The lowest BCUT2D eigenvalue weighted by molar-refractivity contribution is -0.115. The maximum atomic E-state index is 12.5. The molecular weight excluding hydrogens is 468 g/mol. The molecule has 0 aromatic heterocycles. The summed E-state index contributed by atoms with van der Waals surface area (Å²) in [5.74, 6) is 1.09. The van der Waals surface area contributed by atoms with Gasteiger partial charge in [-0.05, 0) is 84.3 Å². The lowest BCUT2D eigenvalue weighted by atomic mass is 10.1. The van der Waals surface area contributed by atoms with Crippen molar-refractivity contribution in [1.82, 2.24) is 5.32 Å². The Kier molecular flexibility index (Phi) is 7.93. The molecule has 0 atom stereocenters. The highest BCUT2D eigenvalue weighted by molar-refractivity contribution is 8.18. The van der Waals surface area contributed by atoms with E-state index in [9.17, 15) is 4.79 Å². The number of hydrogen-bond donors (Lipinski definition) is 1. The van der Waals surface area contributed by atoms with E-state index in [2.05, 4.69) is 17.2 Å². The molecule has 1 aliphatic rings. The first-order valence-corrected chi connectivity index (χ1v) is 12.3. The number of amides is 1. The molecule has 7 heteroatoms. The summed E-state index contributed by atoms with van der Waals surface area (Å²) >= 11 is 7.27. The van der Waals surface area contributed by atoms with E-state index in [1.165, 1.54) is 17.3 Å². The van der Waals surface area contributed by atoms with Gasteiger partial charge >= 0.3 is 0 Å². The highest BCUT2D eigenvalue weighted by Crippen LogP contribution is 2.33. The van der Waals surface area contributed by atoms with Gasteiger partial charge in [0.05, 0.1) is 17.2 Å². The molecule has 0 bridgehead atoms. The third-order valence-electron chi connectivity index (χ3n) is 5.10. The molecule has 0 spiro atoms. The number of benzene rings is 3. The van der Waals surface area contributed by atoms with E-state index in [1.807, 2.05) is 79.7 Å². The van der Waals surface area contributed by atoms with Crippen molar-refractivity contribution < 1.29 is 14.3 Å². The first-order valence-electron chi connectivity index (χ1n) is 11.1. The van der Waals surface area contributed by atoms with Gasteiger partial charge in [0.2, 0.25) is 0 Å². The molecule has 1 fully saturated rings. The van der Waals surface area contributed by atoms with E-state index < -0.39 is 0 Å². The fourth-order valence-electron chi connectivity index (χ4n) is 3.30. The van der Waals surface area contributed by atoms with Crippen LogP contribution >= 0.6 is 23.4 Å². The zero-order valence-corrected chi connectivity index (χ0v) is 20.6. The maximum Gasteiger partial charge on any atom is 0.264 e. The summed E-state index contributed by atoms with van der Waals surface area (Å²) in [7, 11) is 0. The number of ether oxygens (including phenoxy) is 2. The van der Waals surface area contributed by atoms with Crippen molar-refractivity contribution in [1.29, 1.82) is 0 Å². The normalized spacial score (nSPS) is 15.6. The van der Waals surface area contributed by atoms with Crippen LogP contribution in [0, 0.1) is 0 Å². The quantitative estimate of drug-likeness (QED) is 0.352. The summed E-state index contributed by atoms with van der Waals surface area (Å²) in [5.41, 5.74) is 3.90. The van der Waals surface area contributed by atoms with Crippen LogP contribution in [-0.4, -0.2) is 17.7 Å². The lowest BCUT2D eigenvalue weighted by Crippen LogP contribution is -2.19. The first kappa shape index (κ1) is 23.9. The van der Waals surface area contributed by atoms with Crippen LogP contribution in [0.3, 0.4) is 0 Å². The SMILES string of the molecule is CCOc1cc(C=C2SC(=Nc3ccc(CC)cc3)NC2=O)ccc1OCc1ccc(Cl)cc1. The van der Waals surface area contributed by atoms with Crippen molar-refractivity contribution in [2.75, 3.05) is 6.61 Å².